The van der Waals surface area contributed by atoms with E-state index in [0.717, 1.165) is 5.56 Å². The molecule has 1 aromatic heterocycles. The molecular formula is C20H25N3O4S. The van der Waals surface area contributed by atoms with Gasteiger partial charge in [0.15, 0.2) is 9.84 Å². The zero-order valence-corrected chi connectivity index (χ0v) is 17.0. The summed E-state index contributed by atoms with van der Waals surface area (Å²) in [6, 6.07) is 9.97. The van der Waals surface area contributed by atoms with Gasteiger partial charge in [-0.1, -0.05) is 32.0 Å². The molecule has 2 amide bonds. The van der Waals surface area contributed by atoms with Gasteiger partial charge in [0.25, 0.3) is 0 Å². The predicted octanol–water partition coefficient (Wildman–Crippen LogP) is 1.97. The molecule has 28 heavy (non-hydrogen) atoms. The smallest absolute Gasteiger partial charge is 0.309 e. The second kappa shape index (κ2) is 9.45. The van der Waals surface area contributed by atoms with Crippen LogP contribution in [0.4, 0.5) is 0 Å². The number of amides is 2. The maximum Gasteiger partial charge on any atom is 0.309 e. The van der Waals surface area contributed by atoms with E-state index in [1.165, 1.54) is 12.4 Å². The van der Waals surface area contributed by atoms with Crippen molar-refractivity contribution in [2.45, 2.75) is 36.8 Å². The van der Waals surface area contributed by atoms with Gasteiger partial charge in [0.2, 0.25) is 0 Å². The van der Waals surface area contributed by atoms with Crippen LogP contribution in [0.5, 0.6) is 0 Å². The summed E-state index contributed by atoms with van der Waals surface area (Å²) in [6.07, 6.45) is 2.99. The van der Waals surface area contributed by atoms with Crippen LogP contribution in [0.2, 0.25) is 0 Å². The maximum atomic E-state index is 13.2. The Labute approximate surface area is 165 Å². The first-order chi connectivity index (χ1) is 13.3. The Kier molecular flexibility index (Phi) is 7.28. The lowest BCUT2D eigenvalue weighted by atomic mass is 10.0. The van der Waals surface area contributed by atoms with Gasteiger partial charge in [-0.05, 0) is 42.2 Å². The van der Waals surface area contributed by atoms with Gasteiger partial charge in [-0.25, -0.2) is 8.42 Å². The summed E-state index contributed by atoms with van der Waals surface area (Å²) >= 11 is 0. The number of likely N-dealkylation sites (N-methyl/N-ethyl adjacent to an activating group) is 1. The van der Waals surface area contributed by atoms with E-state index < -0.39 is 26.9 Å². The Morgan fingerprint density at radius 2 is 1.64 bits per heavy atom. The highest BCUT2D eigenvalue weighted by Gasteiger charge is 2.30. The van der Waals surface area contributed by atoms with Crippen LogP contribution in [0.25, 0.3) is 0 Å². The zero-order valence-electron chi connectivity index (χ0n) is 16.2. The Morgan fingerprint density at radius 3 is 2.18 bits per heavy atom. The molecule has 0 aliphatic carbocycles. The summed E-state index contributed by atoms with van der Waals surface area (Å²) < 4.78 is 26.5. The number of sulfone groups is 1. The van der Waals surface area contributed by atoms with Crippen molar-refractivity contribution in [1.82, 2.24) is 15.6 Å². The van der Waals surface area contributed by atoms with Crippen LogP contribution in [0.1, 0.15) is 43.1 Å². The predicted molar refractivity (Wildman–Crippen MR) is 106 cm³/mol. The molecule has 150 valence electrons. The summed E-state index contributed by atoms with van der Waals surface area (Å²) in [5.74, 6) is -1.39. The molecule has 0 aliphatic heterocycles. The van der Waals surface area contributed by atoms with Crippen molar-refractivity contribution in [3.05, 3.63) is 59.9 Å². The van der Waals surface area contributed by atoms with Crippen LogP contribution in [-0.2, 0) is 19.4 Å². The van der Waals surface area contributed by atoms with Crippen molar-refractivity contribution in [3.63, 3.8) is 0 Å². The van der Waals surface area contributed by atoms with Crippen molar-refractivity contribution in [2.75, 3.05) is 13.1 Å². The lowest BCUT2D eigenvalue weighted by Crippen LogP contribution is -2.42. The van der Waals surface area contributed by atoms with Gasteiger partial charge < -0.3 is 10.6 Å². The second-order valence-corrected chi connectivity index (χ2v) is 8.74. The number of benzene rings is 1. The third-order valence-corrected chi connectivity index (χ3v) is 6.41. The molecule has 2 aromatic rings. The van der Waals surface area contributed by atoms with E-state index in [0.29, 0.717) is 12.1 Å². The summed E-state index contributed by atoms with van der Waals surface area (Å²) in [7, 11) is -3.82. The highest BCUT2D eigenvalue weighted by Crippen LogP contribution is 2.29. The third kappa shape index (κ3) is 5.16. The van der Waals surface area contributed by atoms with E-state index in [-0.39, 0.29) is 17.4 Å². The molecule has 0 spiro atoms. The van der Waals surface area contributed by atoms with E-state index in [9.17, 15) is 18.0 Å². The second-order valence-electron chi connectivity index (χ2n) is 6.61. The lowest BCUT2D eigenvalue weighted by Gasteiger charge is -2.19. The molecule has 0 radical (unpaired) electrons. The fourth-order valence-corrected chi connectivity index (χ4v) is 4.33. The van der Waals surface area contributed by atoms with E-state index in [1.54, 1.807) is 43.3 Å². The normalized spacial score (nSPS) is 12.4. The van der Waals surface area contributed by atoms with Crippen LogP contribution >= 0.6 is 0 Å². The zero-order chi connectivity index (χ0) is 20.7. The average Bonchev–Trinajstić information content (AvgIpc) is 2.68. The number of aromatic nitrogens is 1. The summed E-state index contributed by atoms with van der Waals surface area (Å²) in [4.78, 5) is 27.7. The molecule has 1 atom stereocenters. The van der Waals surface area contributed by atoms with Crippen LogP contribution in [0, 0.1) is 0 Å². The minimum absolute atomic E-state index is 0.151. The number of rotatable bonds is 7. The minimum atomic E-state index is -3.82. The first kappa shape index (κ1) is 21.6. The van der Waals surface area contributed by atoms with Gasteiger partial charge in [0.05, 0.1) is 4.90 Å². The summed E-state index contributed by atoms with van der Waals surface area (Å²) in [6.45, 7) is 5.81. The molecule has 1 aromatic carbocycles. The molecule has 0 fully saturated rings. The molecule has 1 heterocycles. The highest BCUT2D eigenvalue weighted by molar-refractivity contribution is 7.91. The van der Waals surface area contributed by atoms with Gasteiger partial charge in [-0.2, -0.15) is 0 Å². The number of nitrogens with one attached hydrogen (secondary N) is 2. The Balaban J connectivity index is 2.33. The fraction of sp³-hybridized carbons (Fsp3) is 0.350. The SMILES string of the molecule is CCNC(=O)C(=O)NC[C@@H](c1cccnc1)S(=O)(=O)c1ccc(C(C)C)cc1. The largest absolute Gasteiger partial charge is 0.348 e. The maximum absolute atomic E-state index is 13.2. The lowest BCUT2D eigenvalue weighted by molar-refractivity contribution is -0.139. The average molecular weight is 404 g/mol. The van der Waals surface area contributed by atoms with Gasteiger partial charge in [-0.3, -0.25) is 14.6 Å². The molecular weight excluding hydrogens is 378 g/mol. The highest BCUT2D eigenvalue weighted by atomic mass is 32.2. The van der Waals surface area contributed by atoms with E-state index in [1.807, 2.05) is 13.8 Å². The molecule has 2 N–H and O–H groups in total. The van der Waals surface area contributed by atoms with Crippen LogP contribution in [0.3, 0.4) is 0 Å². The molecule has 0 unspecified atom stereocenters. The van der Waals surface area contributed by atoms with Gasteiger partial charge in [0.1, 0.15) is 5.25 Å². The Bertz CT molecular complexity index is 910. The molecule has 0 saturated carbocycles. The molecule has 8 heteroatoms. The monoisotopic (exact) mass is 403 g/mol. The quantitative estimate of drug-likeness (QED) is 0.688. The summed E-state index contributed by atoms with van der Waals surface area (Å²) in [5, 5.41) is 3.73. The van der Waals surface area contributed by atoms with Crippen LogP contribution in [0.15, 0.2) is 53.7 Å². The molecule has 0 aliphatic rings. The standard InChI is InChI=1S/C20H25N3O4S/c1-4-22-19(24)20(25)23-13-18(16-6-5-11-21-12-16)28(26,27)17-9-7-15(8-10-17)14(2)3/h5-12,14,18H,4,13H2,1-3H3,(H,22,24)(H,23,25)/t18-/m0/s1. The Morgan fingerprint density at radius 1 is 1.00 bits per heavy atom. The number of nitrogens with zero attached hydrogens (tertiary/aromatic N) is 1. The Hall–Kier alpha value is -2.74. The van der Waals surface area contributed by atoms with E-state index >= 15 is 0 Å². The third-order valence-electron chi connectivity index (χ3n) is 4.30. The number of hydrogen-bond donors (Lipinski definition) is 2. The first-order valence-corrected chi connectivity index (χ1v) is 10.6. The number of hydrogen-bond acceptors (Lipinski definition) is 5. The molecule has 0 saturated heterocycles. The van der Waals surface area contributed by atoms with Gasteiger partial charge in [-0.15, -0.1) is 0 Å². The topological polar surface area (TPSA) is 105 Å². The molecule has 2 rings (SSSR count). The molecule has 7 nitrogen and oxygen atoms in total. The van der Waals surface area contributed by atoms with Crippen molar-refractivity contribution in [2.24, 2.45) is 0 Å². The minimum Gasteiger partial charge on any atom is -0.348 e. The molecule has 0 bridgehead atoms. The number of carbonyl (C=O) groups excluding carboxylic acids is 2. The van der Waals surface area contributed by atoms with Gasteiger partial charge in [0, 0.05) is 25.5 Å². The van der Waals surface area contributed by atoms with Crippen molar-refractivity contribution in [1.29, 1.82) is 0 Å². The number of carbonyl (C=O) groups is 2. The van der Waals surface area contributed by atoms with Crippen LogP contribution in [-0.4, -0.2) is 38.3 Å². The van der Waals surface area contributed by atoms with E-state index in [2.05, 4.69) is 15.6 Å². The summed E-state index contributed by atoms with van der Waals surface area (Å²) in [5.41, 5.74) is 1.47. The first-order valence-electron chi connectivity index (χ1n) is 9.07. The van der Waals surface area contributed by atoms with Gasteiger partial charge >= 0.3 is 11.8 Å². The number of pyridine rings is 1. The fourth-order valence-electron chi connectivity index (χ4n) is 2.69. The van der Waals surface area contributed by atoms with Crippen LogP contribution < -0.4 is 10.6 Å². The van der Waals surface area contributed by atoms with Crippen molar-refractivity contribution < 1.29 is 18.0 Å². The van der Waals surface area contributed by atoms with E-state index in [4.69, 9.17) is 0 Å². The van der Waals surface area contributed by atoms with Crippen molar-refractivity contribution in [3.8, 4) is 0 Å². The van der Waals surface area contributed by atoms with Crippen molar-refractivity contribution >= 4 is 21.7 Å².